The molecule has 0 N–H and O–H groups in total. The van der Waals surface area contributed by atoms with Gasteiger partial charge >= 0.3 is 11.9 Å². The minimum Gasteiger partial charge on any atom is -0.496 e. The zero-order valence-corrected chi connectivity index (χ0v) is 9.64. The van der Waals surface area contributed by atoms with E-state index in [-0.39, 0.29) is 23.0 Å². The van der Waals surface area contributed by atoms with Gasteiger partial charge in [0.2, 0.25) is 5.82 Å². The van der Waals surface area contributed by atoms with Gasteiger partial charge in [-0.25, -0.2) is 9.18 Å². The molecule has 1 aromatic heterocycles. The van der Waals surface area contributed by atoms with Crippen molar-refractivity contribution in [2.45, 2.75) is 0 Å². The Kier molecular flexibility index (Phi) is 3.22. The first-order valence-electron chi connectivity index (χ1n) is 4.92. The van der Waals surface area contributed by atoms with Gasteiger partial charge in [0.1, 0.15) is 17.1 Å². The summed E-state index contributed by atoms with van der Waals surface area (Å²) >= 11 is 0. The van der Waals surface area contributed by atoms with E-state index in [4.69, 9.17) is 4.74 Å². The summed E-state index contributed by atoms with van der Waals surface area (Å²) in [7, 11) is 2.56. The van der Waals surface area contributed by atoms with Crippen LogP contribution in [0.1, 0.15) is 10.7 Å². The standard InChI is InChI=1S/C11H9FN2O4/c1-16-7-5-3-4-6(12)8(7)9-13-10(18-14-9)11(15)17-2/h3-5H,1-2H3. The monoisotopic (exact) mass is 252 g/mol. The van der Waals surface area contributed by atoms with Crippen LogP contribution in [0.25, 0.3) is 11.4 Å². The van der Waals surface area contributed by atoms with Gasteiger partial charge in [0.15, 0.2) is 0 Å². The van der Waals surface area contributed by atoms with Crippen LogP contribution in [0.15, 0.2) is 22.7 Å². The highest BCUT2D eigenvalue weighted by Gasteiger charge is 2.21. The van der Waals surface area contributed by atoms with Crippen molar-refractivity contribution in [1.29, 1.82) is 0 Å². The fraction of sp³-hybridized carbons (Fsp3) is 0.182. The number of aromatic nitrogens is 2. The molecule has 0 saturated carbocycles. The summed E-state index contributed by atoms with van der Waals surface area (Å²) in [4.78, 5) is 14.9. The maximum atomic E-state index is 13.7. The molecular weight excluding hydrogens is 243 g/mol. The molecule has 1 heterocycles. The van der Waals surface area contributed by atoms with Crippen LogP contribution in [0.5, 0.6) is 5.75 Å². The van der Waals surface area contributed by atoms with E-state index in [1.807, 2.05) is 0 Å². The van der Waals surface area contributed by atoms with Crippen LogP contribution >= 0.6 is 0 Å². The lowest BCUT2D eigenvalue weighted by Gasteiger charge is -2.04. The van der Waals surface area contributed by atoms with E-state index in [0.29, 0.717) is 0 Å². The van der Waals surface area contributed by atoms with Gasteiger partial charge in [-0.3, -0.25) is 0 Å². The average Bonchev–Trinajstić information content (AvgIpc) is 2.86. The molecule has 2 rings (SSSR count). The Balaban J connectivity index is 2.49. The molecule has 18 heavy (non-hydrogen) atoms. The summed E-state index contributed by atoms with van der Waals surface area (Å²) < 4.78 is 27.8. The van der Waals surface area contributed by atoms with E-state index in [9.17, 15) is 9.18 Å². The first-order valence-corrected chi connectivity index (χ1v) is 4.92. The first-order chi connectivity index (χ1) is 8.67. The highest BCUT2D eigenvalue weighted by atomic mass is 19.1. The largest absolute Gasteiger partial charge is 0.496 e. The number of benzene rings is 1. The minimum atomic E-state index is -0.788. The van der Waals surface area contributed by atoms with Gasteiger partial charge in [-0.1, -0.05) is 11.2 Å². The number of rotatable bonds is 3. The lowest BCUT2D eigenvalue weighted by atomic mass is 10.2. The van der Waals surface area contributed by atoms with Gasteiger partial charge in [0.25, 0.3) is 0 Å². The highest BCUT2D eigenvalue weighted by Crippen LogP contribution is 2.30. The number of carbonyl (C=O) groups excluding carboxylic acids is 1. The molecule has 7 heteroatoms. The molecule has 0 aliphatic rings. The fourth-order valence-electron chi connectivity index (χ4n) is 1.39. The summed E-state index contributed by atoms with van der Waals surface area (Å²) in [5.41, 5.74) is 0.0268. The van der Waals surface area contributed by atoms with Crippen molar-refractivity contribution in [3.05, 3.63) is 29.9 Å². The van der Waals surface area contributed by atoms with Crippen LogP contribution in [0, 0.1) is 5.82 Å². The number of hydrogen-bond donors (Lipinski definition) is 0. The number of methoxy groups -OCH3 is 2. The van der Waals surface area contributed by atoms with Crippen molar-refractivity contribution >= 4 is 5.97 Å². The molecule has 0 saturated heterocycles. The van der Waals surface area contributed by atoms with Crippen molar-refractivity contribution in [2.75, 3.05) is 14.2 Å². The summed E-state index contributed by atoms with van der Waals surface area (Å²) in [5, 5.41) is 3.52. The fourth-order valence-corrected chi connectivity index (χ4v) is 1.39. The lowest BCUT2D eigenvalue weighted by Crippen LogP contribution is -2.01. The van der Waals surface area contributed by atoms with Gasteiger partial charge in [-0.05, 0) is 12.1 Å². The smallest absolute Gasteiger partial charge is 0.397 e. The van der Waals surface area contributed by atoms with E-state index >= 15 is 0 Å². The summed E-state index contributed by atoms with van der Waals surface area (Å²) in [6.45, 7) is 0. The van der Waals surface area contributed by atoms with Crippen molar-refractivity contribution in [2.24, 2.45) is 0 Å². The van der Waals surface area contributed by atoms with E-state index in [0.717, 1.165) is 0 Å². The molecule has 0 atom stereocenters. The Morgan fingerprint density at radius 2 is 2.17 bits per heavy atom. The second-order valence-corrected chi connectivity index (χ2v) is 3.23. The molecule has 0 amide bonds. The van der Waals surface area contributed by atoms with Crippen molar-refractivity contribution in [3.8, 4) is 17.1 Å². The van der Waals surface area contributed by atoms with Gasteiger partial charge in [0, 0.05) is 0 Å². The number of carbonyl (C=O) groups is 1. The van der Waals surface area contributed by atoms with Crippen LogP contribution < -0.4 is 4.74 Å². The lowest BCUT2D eigenvalue weighted by molar-refractivity contribution is 0.0545. The Labute approximate surface area is 101 Å². The minimum absolute atomic E-state index is 0.0268. The van der Waals surface area contributed by atoms with Crippen LogP contribution in [0.2, 0.25) is 0 Å². The second-order valence-electron chi connectivity index (χ2n) is 3.23. The third-order valence-electron chi connectivity index (χ3n) is 2.20. The zero-order chi connectivity index (χ0) is 13.1. The Bertz CT molecular complexity index is 582. The molecule has 2 aromatic rings. The molecule has 0 fully saturated rings. The van der Waals surface area contributed by atoms with Crippen LogP contribution in [-0.4, -0.2) is 30.3 Å². The Hall–Kier alpha value is -2.44. The van der Waals surface area contributed by atoms with Gasteiger partial charge in [-0.2, -0.15) is 4.98 Å². The molecule has 1 aromatic carbocycles. The summed E-state index contributed by atoms with van der Waals surface area (Å²) in [6, 6.07) is 4.26. The number of nitrogens with zero attached hydrogens (tertiary/aromatic N) is 2. The summed E-state index contributed by atoms with van der Waals surface area (Å²) in [5.74, 6) is -1.55. The quantitative estimate of drug-likeness (QED) is 0.773. The van der Waals surface area contributed by atoms with Crippen LogP contribution in [-0.2, 0) is 4.74 Å². The molecule has 94 valence electrons. The molecule has 0 aliphatic carbocycles. The molecular formula is C11H9FN2O4. The maximum absolute atomic E-state index is 13.7. The number of halogens is 1. The number of esters is 1. The normalized spacial score (nSPS) is 10.2. The summed E-state index contributed by atoms with van der Waals surface area (Å²) in [6.07, 6.45) is 0. The topological polar surface area (TPSA) is 74.5 Å². The van der Waals surface area contributed by atoms with Gasteiger partial charge < -0.3 is 14.0 Å². The predicted molar refractivity (Wildman–Crippen MR) is 57.6 cm³/mol. The number of hydrogen-bond acceptors (Lipinski definition) is 6. The van der Waals surface area contributed by atoms with Crippen molar-refractivity contribution in [3.63, 3.8) is 0 Å². The van der Waals surface area contributed by atoms with Gasteiger partial charge in [-0.15, -0.1) is 0 Å². The third kappa shape index (κ3) is 2.02. The SMILES string of the molecule is COC(=O)c1nc(-c2c(F)cccc2OC)no1. The average molecular weight is 252 g/mol. The predicted octanol–water partition coefficient (Wildman–Crippen LogP) is 1.67. The Morgan fingerprint density at radius 3 is 2.83 bits per heavy atom. The molecule has 6 nitrogen and oxygen atoms in total. The number of ether oxygens (including phenoxy) is 2. The van der Waals surface area contributed by atoms with Crippen molar-refractivity contribution in [1.82, 2.24) is 10.1 Å². The van der Waals surface area contributed by atoms with E-state index in [1.54, 1.807) is 6.07 Å². The molecule has 0 bridgehead atoms. The van der Waals surface area contributed by atoms with Gasteiger partial charge in [0.05, 0.1) is 14.2 Å². The maximum Gasteiger partial charge on any atom is 0.397 e. The molecule has 0 aliphatic heterocycles. The molecule has 0 radical (unpaired) electrons. The third-order valence-corrected chi connectivity index (χ3v) is 2.20. The van der Waals surface area contributed by atoms with E-state index in [2.05, 4.69) is 19.4 Å². The van der Waals surface area contributed by atoms with Crippen LogP contribution in [0.3, 0.4) is 0 Å². The van der Waals surface area contributed by atoms with Crippen molar-refractivity contribution < 1.29 is 23.2 Å². The van der Waals surface area contributed by atoms with E-state index in [1.165, 1.54) is 26.4 Å². The van der Waals surface area contributed by atoms with E-state index < -0.39 is 11.8 Å². The second kappa shape index (κ2) is 4.82. The van der Waals surface area contributed by atoms with Crippen LogP contribution in [0.4, 0.5) is 4.39 Å². The molecule has 0 unspecified atom stereocenters. The molecule has 0 spiro atoms. The first kappa shape index (κ1) is 12.0. The highest BCUT2D eigenvalue weighted by molar-refractivity contribution is 5.84. The zero-order valence-electron chi connectivity index (χ0n) is 9.64. The Morgan fingerprint density at radius 1 is 1.39 bits per heavy atom.